The van der Waals surface area contributed by atoms with E-state index in [2.05, 4.69) is 5.32 Å². The molecule has 0 unspecified atom stereocenters. The lowest BCUT2D eigenvalue weighted by Crippen LogP contribution is -2.30. The van der Waals surface area contributed by atoms with Gasteiger partial charge in [0.1, 0.15) is 5.70 Å². The Hall–Kier alpha value is -2.10. The Morgan fingerprint density at radius 2 is 1.82 bits per heavy atom. The first kappa shape index (κ1) is 11.4. The number of amides is 3. The zero-order valence-electron chi connectivity index (χ0n) is 9.81. The van der Waals surface area contributed by atoms with E-state index in [9.17, 15) is 9.59 Å². The number of anilines is 1. The van der Waals surface area contributed by atoms with Gasteiger partial charge in [-0.3, -0.25) is 4.79 Å². The fourth-order valence-electron chi connectivity index (χ4n) is 1.70. The second kappa shape index (κ2) is 4.41. The normalized spacial score (nSPS) is 18.1. The summed E-state index contributed by atoms with van der Waals surface area (Å²) in [5, 5.41) is 2.58. The van der Waals surface area contributed by atoms with Crippen LogP contribution in [0.4, 0.5) is 10.5 Å². The van der Waals surface area contributed by atoms with Crippen molar-refractivity contribution in [3.05, 3.63) is 42.1 Å². The zero-order valence-corrected chi connectivity index (χ0v) is 9.81. The SMILES string of the molecule is CC(C)/C=C1\NC(=O)N(c2ccccc2)C1=O. The molecule has 3 amide bonds. The second-order valence-corrected chi connectivity index (χ2v) is 4.23. The number of urea groups is 1. The Bertz CT molecular complexity index is 477. The lowest BCUT2D eigenvalue weighted by Gasteiger charge is -2.10. The number of para-hydroxylation sites is 1. The Balaban J connectivity index is 2.33. The van der Waals surface area contributed by atoms with Crippen molar-refractivity contribution in [2.75, 3.05) is 4.90 Å². The summed E-state index contributed by atoms with van der Waals surface area (Å²) in [5.74, 6) is -0.0835. The Morgan fingerprint density at radius 1 is 1.18 bits per heavy atom. The van der Waals surface area contributed by atoms with E-state index in [1.165, 1.54) is 0 Å². The monoisotopic (exact) mass is 230 g/mol. The van der Waals surface area contributed by atoms with Crippen LogP contribution in [-0.4, -0.2) is 11.9 Å². The van der Waals surface area contributed by atoms with Crippen LogP contribution in [0.25, 0.3) is 0 Å². The topological polar surface area (TPSA) is 49.4 Å². The number of hydrogen-bond acceptors (Lipinski definition) is 2. The number of carbonyl (C=O) groups is 2. The molecule has 0 radical (unpaired) electrons. The predicted octanol–water partition coefficient (Wildman–Crippen LogP) is 2.28. The second-order valence-electron chi connectivity index (χ2n) is 4.23. The molecule has 1 saturated heterocycles. The van der Waals surface area contributed by atoms with Crippen molar-refractivity contribution in [1.82, 2.24) is 5.32 Å². The first-order valence-corrected chi connectivity index (χ1v) is 5.52. The fraction of sp³-hybridized carbons (Fsp3) is 0.231. The van der Waals surface area contributed by atoms with Crippen molar-refractivity contribution >= 4 is 17.6 Å². The van der Waals surface area contributed by atoms with Gasteiger partial charge in [-0.2, -0.15) is 0 Å². The Morgan fingerprint density at radius 3 is 2.41 bits per heavy atom. The van der Waals surface area contributed by atoms with Crippen LogP contribution in [0, 0.1) is 5.92 Å². The molecule has 2 rings (SSSR count). The zero-order chi connectivity index (χ0) is 12.4. The minimum atomic E-state index is -0.395. The van der Waals surface area contributed by atoms with Crippen LogP contribution in [-0.2, 0) is 4.79 Å². The number of hydrogen-bond donors (Lipinski definition) is 1. The summed E-state index contributed by atoms with van der Waals surface area (Å²) >= 11 is 0. The first-order valence-electron chi connectivity index (χ1n) is 5.52. The maximum Gasteiger partial charge on any atom is 0.333 e. The Labute approximate surface area is 99.9 Å². The molecular formula is C13H14N2O2. The highest BCUT2D eigenvalue weighted by Gasteiger charge is 2.34. The number of carbonyl (C=O) groups excluding carboxylic acids is 2. The van der Waals surface area contributed by atoms with Gasteiger partial charge in [0.05, 0.1) is 5.69 Å². The lowest BCUT2D eigenvalue weighted by atomic mass is 10.2. The van der Waals surface area contributed by atoms with Gasteiger partial charge in [-0.1, -0.05) is 38.1 Å². The number of allylic oxidation sites excluding steroid dienone is 1. The van der Waals surface area contributed by atoms with Gasteiger partial charge in [-0.15, -0.1) is 0 Å². The molecule has 1 fully saturated rings. The van der Waals surface area contributed by atoms with E-state index in [1.54, 1.807) is 30.3 Å². The fourth-order valence-corrected chi connectivity index (χ4v) is 1.70. The minimum absolute atomic E-state index is 0.213. The van der Waals surface area contributed by atoms with Crippen molar-refractivity contribution < 1.29 is 9.59 Å². The molecule has 17 heavy (non-hydrogen) atoms. The summed E-state index contributed by atoms with van der Waals surface area (Å²) in [6, 6.07) is 8.49. The van der Waals surface area contributed by atoms with E-state index in [4.69, 9.17) is 0 Å². The molecule has 0 spiro atoms. The molecule has 4 nitrogen and oxygen atoms in total. The van der Waals surface area contributed by atoms with E-state index < -0.39 is 6.03 Å². The standard InChI is InChI=1S/C13H14N2O2/c1-9(2)8-11-12(16)15(13(17)14-11)10-6-4-3-5-7-10/h3-9H,1-2H3,(H,14,17)/b11-8-. The van der Waals surface area contributed by atoms with E-state index >= 15 is 0 Å². The molecule has 0 saturated carbocycles. The quantitative estimate of drug-likeness (QED) is 0.626. The molecule has 0 aromatic heterocycles. The lowest BCUT2D eigenvalue weighted by molar-refractivity contribution is -0.113. The molecule has 0 atom stereocenters. The van der Waals surface area contributed by atoms with Gasteiger partial charge in [0, 0.05) is 0 Å². The summed E-state index contributed by atoms with van der Waals surface area (Å²) < 4.78 is 0. The predicted molar refractivity (Wildman–Crippen MR) is 65.4 cm³/mol. The van der Waals surface area contributed by atoms with Gasteiger partial charge in [-0.25, -0.2) is 9.69 Å². The molecule has 1 aliphatic heterocycles. The van der Waals surface area contributed by atoms with Crippen molar-refractivity contribution in [3.63, 3.8) is 0 Å². The maximum absolute atomic E-state index is 12.0. The third kappa shape index (κ3) is 2.20. The van der Waals surface area contributed by atoms with Crippen molar-refractivity contribution in [2.45, 2.75) is 13.8 Å². The molecule has 1 aromatic carbocycles. The molecule has 4 heteroatoms. The minimum Gasteiger partial charge on any atom is -0.303 e. The van der Waals surface area contributed by atoms with Gasteiger partial charge in [0.25, 0.3) is 5.91 Å². The first-order chi connectivity index (χ1) is 8.09. The van der Waals surface area contributed by atoms with E-state index in [0.717, 1.165) is 4.90 Å². The Kier molecular flexibility index (Phi) is 2.95. The summed E-state index contributed by atoms with van der Waals surface area (Å²) in [4.78, 5) is 24.9. The van der Waals surface area contributed by atoms with E-state index in [-0.39, 0.29) is 11.8 Å². The highest BCUT2D eigenvalue weighted by Crippen LogP contribution is 2.20. The van der Waals surface area contributed by atoms with Crippen LogP contribution < -0.4 is 10.2 Å². The number of nitrogens with one attached hydrogen (secondary N) is 1. The van der Waals surface area contributed by atoms with Crippen LogP contribution in [0.2, 0.25) is 0 Å². The smallest absolute Gasteiger partial charge is 0.303 e. The summed E-state index contributed by atoms with van der Waals surface area (Å²) in [7, 11) is 0. The van der Waals surface area contributed by atoms with Gasteiger partial charge >= 0.3 is 6.03 Å². The third-order valence-corrected chi connectivity index (χ3v) is 2.39. The third-order valence-electron chi connectivity index (χ3n) is 2.39. The van der Waals surface area contributed by atoms with Gasteiger partial charge < -0.3 is 5.32 Å². The summed E-state index contributed by atoms with van der Waals surface area (Å²) in [6.45, 7) is 3.91. The molecule has 1 N–H and O–H groups in total. The van der Waals surface area contributed by atoms with E-state index in [0.29, 0.717) is 11.4 Å². The van der Waals surface area contributed by atoms with Crippen LogP contribution >= 0.6 is 0 Å². The summed E-state index contributed by atoms with van der Waals surface area (Å²) in [5.41, 5.74) is 0.941. The molecule has 88 valence electrons. The van der Waals surface area contributed by atoms with Crippen LogP contribution in [0.5, 0.6) is 0 Å². The molecule has 0 bridgehead atoms. The van der Waals surface area contributed by atoms with Gasteiger partial charge in [0.15, 0.2) is 0 Å². The number of benzene rings is 1. The van der Waals surface area contributed by atoms with Gasteiger partial charge in [-0.05, 0) is 18.1 Å². The molecular weight excluding hydrogens is 216 g/mol. The van der Waals surface area contributed by atoms with Crippen molar-refractivity contribution in [1.29, 1.82) is 0 Å². The molecule has 1 heterocycles. The maximum atomic E-state index is 12.0. The molecule has 0 aliphatic carbocycles. The average Bonchev–Trinajstić information content (AvgIpc) is 2.54. The van der Waals surface area contributed by atoms with Crippen LogP contribution in [0.15, 0.2) is 42.1 Å². The number of imide groups is 1. The van der Waals surface area contributed by atoms with E-state index in [1.807, 2.05) is 19.9 Å². The number of nitrogens with zero attached hydrogens (tertiary/aromatic N) is 1. The van der Waals surface area contributed by atoms with Crippen LogP contribution in [0.3, 0.4) is 0 Å². The molecule has 1 aliphatic rings. The highest BCUT2D eigenvalue weighted by atomic mass is 16.2. The van der Waals surface area contributed by atoms with Crippen molar-refractivity contribution in [2.24, 2.45) is 5.92 Å². The molecule has 1 aromatic rings. The van der Waals surface area contributed by atoms with Crippen molar-refractivity contribution in [3.8, 4) is 0 Å². The van der Waals surface area contributed by atoms with Gasteiger partial charge in [0.2, 0.25) is 0 Å². The largest absolute Gasteiger partial charge is 0.333 e. The highest BCUT2D eigenvalue weighted by molar-refractivity contribution is 6.26. The van der Waals surface area contributed by atoms with Crippen LogP contribution in [0.1, 0.15) is 13.8 Å². The average molecular weight is 230 g/mol. The number of rotatable bonds is 2. The summed E-state index contributed by atoms with van der Waals surface area (Å²) in [6.07, 6.45) is 1.75.